The third-order valence-corrected chi connectivity index (χ3v) is 2.06. The van der Waals surface area contributed by atoms with E-state index in [1.54, 1.807) is 12.4 Å². The number of carbonyl (C=O) groups is 1. The van der Waals surface area contributed by atoms with Crippen molar-refractivity contribution in [1.82, 2.24) is 15.3 Å². The summed E-state index contributed by atoms with van der Waals surface area (Å²) in [5.41, 5.74) is 5.58. The smallest absolute Gasteiger partial charge is 0.237 e. The maximum atomic E-state index is 11.4. The summed E-state index contributed by atoms with van der Waals surface area (Å²) in [5.74, 6) is 0.595. The van der Waals surface area contributed by atoms with Crippen LogP contribution in [0, 0.1) is 0 Å². The second-order valence-corrected chi connectivity index (χ2v) is 3.22. The highest BCUT2D eigenvalue weighted by Gasteiger charge is 2.15. The van der Waals surface area contributed by atoms with Gasteiger partial charge >= 0.3 is 0 Å². The van der Waals surface area contributed by atoms with Gasteiger partial charge in [0.1, 0.15) is 5.82 Å². The second-order valence-electron chi connectivity index (χ2n) is 3.22. The third-order valence-electron chi connectivity index (χ3n) is 2.06. The predicted octanol–water partition coefficient (Wildman–Crippen LogP) is 0.324. The van der Waals surface area contributed by atoms with Crippen molar-refractivity contribution in [2.75, 3.05) is 0 Å². The highest BCUT2D eigenvalue weighted by atomic mass is 16.2. The Balaban J connectivity index is 2.49. The van der Waals surface area contributed by atoms with Gasteiger partial charge in [-0.3, -0.25) is 4.79 Å². The normalized spacial score (nSPS) is 14.8. The van der Waals surface area contributed by atoms with Crippen molar-refractivity contribution in [2.24, 2.45) is 5.73 Å². The molecule has 0 aliphatic rings. The summed E-state index contributed by atoms with van der Waals surface area (Å²) >= 11 is 0. The van der Waals surface area contributed by atoms with Crippen molar-refractivity contribution in [3.05, 3.63) is 18.2 Å². The minimum absolute atomic E-state index is 0.130. The van der Waals surface area contributed by atoms with E-state index in [0.717, 1.165) is 5.82 Å². The van der Waals surface area contributed by atoms with Crippen LogP contribution in [0.2, 0.25) is 0 Å². The highest BCUT2D eigenvalue weighted by Crippen LogP contribution is 2.05. The molecule has 1 aromatic heterocycles. The summed E-state index contributed by atoms with van der Waals surface area (Å²) in [6, 6.07) is -0.567. The van der Waals surface area contributed by atoms with Crippen molar-refractivity contribution < 1.29 is 4.79 Å². The molecule has 0 aliphatic heterocycles. The molecule has 0 aromatic carbocycles. The number of hydrogen-bond acceptors (Lipinski definition) is 3. The van der Waals surface area contributed by atoms with Gasteiger partial charge in [0.15, 0.2) is 0 Å². The lowest BCUT2D eigenvalue weighted by molar-refractivity contribution is -0.123. The Morgan fingerprint density at radius 1 is 1.79 bits per heavy atom. The summed E-state index contributed by atoms with van der Waals surface area (Å²) in [5, 5.41) is 2.78. The van der Waals surface area contributed by atoms with Gasteiger partial charge in [-0.1, -0.05) is 6.92 Å². The van der Waals surface area contributed by atoms with Crippen LogP contribution in [0.15, 0.2) is 12.4 Å². The Morgan fingerprint density at radius 3 is 3.00 bits per heavy atom. The summed E-state index contributed by atoms with van der Waals surface area (Å²) in [4.78, 5) is 18.4. The maximum Gasteiger partial charge on any atom is 0.237 e. The van der Waals surface area contributed by atoms with Gasteiger partial charge in [0.2, 0.25) is 5.91 Å². The first kappa shape index (κ1) is 10.7. The van der Waals surface area contributed by atoms with Gasteiger partial charge in [-0.25, -0.2) is 4.98 Å². The molecule has 0 radical (unpaired) electrons. The van der Waals surface area contributed by atoms with Crippen LogP contribution >= 0.6 is 0 Å². The quantitative estimate of drug-likeness (QED) is 0.648. The van der Waals surface area contributed by atoms with Gasteiger partial charge < -0.3 is 16.0 Å². The molecular weight excluding hydrogens is 180 g/mol. The van der Waals surface area contributed by atoms with Crippen molar-refractivity contribution in [1.29, 1.82) is 0 Å². The van der Waals surface area contributed by atoms with Gasteiger partial charge in [-0.15, -0.1) is 0 Å². The minimum atomic E-state index is -0.438. The fraction of sp³-hybridized carbons (Fsp3) is 0.556. The fourth-order valence-electron chi connectivity index (χ4n) is 1.09. The van der Waals surface area contributed by atoms with Crippen molar-refractivity contribution >= 4 is 5.91 Å². The molecule has 0 spiro atoms. The summed E-state index contributed by atoms with van der Waals surface area (Å²) < 4.78 is 0. The fourth-order valence-corrected chi connectivity index (χ4v) is 1.09. The first-order valence-electron chi connectivity index (χ1n) is 4.70. The number of nitrogens with two attached hydrogens (primary N) is 1. The van der Waals surface area contributed by atoms with Crippen molar-refractivity contribution in [3.63, 3.8) is 0 Å². The third kappa shape index (κ3) is 2.56. The van der Waals surface area contributed by atoms with Crippen LogP contribution in [0.4, 0.5) is 0 Å². The molecule has 1 heterocycles. The van der Waals surface area contributed by atoms with Crippen LogP contribution in [-0.2, 0) is 4.79 Å². The molecule has 0 aliphatic carbocycles. The zero-order valence-electron chi connectivity index (χ0n) is 8.45. The topological polar surface area (TPSA) is 83.8 Å². The largest absolute Gasteiger partial charge is 0.347 e. The second kappa shape index (κ2) is 4.76. The van der Waals surface area contributed by atoms with E-state index in [2.05, 4.69) is 15.3 Å². The lowest BCUT2D eigenvalue weighted by Gasteiger charge is -2.14. The van der Waals surface area contributed by atoms with E-state index in [4.69, 9.17) is 5.73 Å². The van der Waals surface area contributed by atoms with Gasteiger partial charge in [0.25, 0.3) is 0 Å². The number of rotatable bonds is 4. The van der Waals surface area contributed by atoms with E-state index in [1.165, 1.54) is 0 Å². The number of nitrogens with zero attached hydrogens (tertiary/aromatic N) is 1. The monoisotopic (exact) mass is 196 g/mol. The average molecular weight is 196 g/mol. The van der Waals surface area contributed by atoms with Crippen LogP contribution in [0.25, 0.3) is 0 Å². The van der Waals surface area contributed by atoms with E-state index in [0.29, 0.717) is 6.42 Å². The molecule has 14 heavy (non-hydrogen) atoms. The number of imidazole rings is 1. The maximum absolute atomic E-state index is 11.4. The Labute approximate surface area is 83.1 Å². The van der Waals surface area contributed by atoms with Crippen LogP contribution < -0.4 is 11.1 Å². The van der Waals surface area contributed by atoms with Crippen molar-refractivity contribution in [3.8, 4) is 0 Å². The molecule has 5 nitrogen and oxygen atoms in total. The standard InChI is InChI=1S/C9H16N4O/c1-3-7(10)9(14)13-6(2)8-11-4-5-12-8/h4-7H,3,10H2,1-2H3,(H,11,12)(H,13,14). The zero-order chi connectivity index (χ0) is 10.6. The van der Waals surface area contributed by atoms with Crippen molar-refractivity contribution in [2.45, 2.75) is 32.4 Å². The van der Waals surface area contributed by atoms with Gasteiger partial charge in [0, 0.05) is 12.4 Å². The molecule has 5 heteroatoms. The summed E-state index contributed by atoms with van der Waals surface area (Å²) in [7, 11) is 0. The van der Waals surface area contributed by atoms with Crippen LogP contribution in [-0.4, -0.2) is 21.9 Å². The summed E-state index contributed by atoms with van der Waals surface area (Å²) in [6.45, 7) is 3.74. The Kier molecular flexibility index (Phi) is 3.64. The highest BCUT2D eigenvalue weighted by molar-refractivity contribution is 5.81. The first-order valence-corrected chi connectivity index (χ1v) is 4.70. The summed E-state index contributed by atoms with van der Waals surface area (Å²) in [6.07, 6.45) is 4.01. The van der Waals surface area contributed by atoms with Gasteiger partial charge in [-0.05, 0) is 13.3 Å². The molecule has 1 aromatic rings. The molecule has 0 bridgehead atoms. The molecule has 0 fully saturated rings. The lowest BCUT2D eigenvalue weighted by Crippen LogP contribution is -2.41. The van der Waals surface area contributed by atoms with E-state index in [1.807, 2.05) is 13.8 Å². The van der Waals surface area contributed by atoms with E-state index in [-0.39, 0.29) is 11.9 Å². The van der Waals surface area contributed by atoms with Crippen LogP contribution in [0.5, 0.6) is 0 Å². The molecule has 1 rings (SSSR count). The number of carbonyl (C=O) groups excluding carboxylic acids is 1. The lowest BCUT2D eigenvalue weighted by atomic mass is 10.2. The predicted molar refractivity (Wildman–Crippen MR) is 53.4 cm³/mol. The number of aromatic nitrogens is 2. The number of amides is 1. The molecule has 4 N–H and O–H groups in total. The van der Waals surface area contributed by atoms with Gasteiger partial charge in [-0.2, -0.15) is 0 Å². The van der Waals surface area contributed by atoms with E-state index in [9.17, 15) is 4.79 Å². The zero-order valence-corrected chi connectivity index (χ0v) is 8.45. The van der Waals surface area contributed by atoms with E-state index < -0.39 is 6.04 Å². The molecule has 0 saturated heterocycles. The van der Waals surface area contributed by atoms with Crippen LogP contribution in [0.1, 0.15) is 32.1 Å². The Bertz CT molecular complexity index is 283. The van der Waals surface area contributed by atoms with Gasteiger partial charge in [0.05, 0.1) is 12.1 Å². The first-order chi connectivity index (χ1) is 6.65. The number of aromatic amines is 1. The molecule has 1 amide bonds. The van der Waals surface area contributed by atoms with E-state index >= 15 is 0 Å². The SMILES string of the molecule is CCC(N)C(=O)NC(C)c1ncc[nH]1. The molecule has 2 atom stereocenters. The molecule has 78 valence electrons. The minimum Gasteiger partial charge on any atom is -0.347 e. The average Bonchev–Trinajstić information content (AvgIpc) is 2.69. The molecule has 0 saturated carbocycles. The molecule has 2 unspecified atom stereocenters. The van der Waals surface area contributed by atoms with Crippen LogP contribution in [0.3, 0.4) is 0 Å². The number of nitrogens with one attached hydrogen (secondary N) is 2. The Morgan fingerprint density at radius 2 is 2.50 bits per heavy atom. The Hall–Kier alpha value is -1.36. The number of H-pyrrole nitrogens is 1. The molecular formula is C9H16N4O. The number of hydrogen-bond donors (Lipinski definition) is 3.